The first kappa shape index (κ1) is 24.0. The minimum Gasteiger partial charge on any atom is -0.445 e. The third kappa shape index (κ3) is 5.98. The van der Waals surface area contributed by atoms with Crippen molar-refractivity contribution in [2.75, 3.05) is 18.0 Å². The molecule has 158 valence electrons. The maximum absolute atomic E-state index is 12.7. The fourth-order valence-corrected chi connectivity index (χ4v) is 3.76. The van der Waals surface area contributed by atoms with E-state index in [1.165, 1.54) is 12.5 Å². The summed E-state index contributed by atoms with van der Waals surface area (Å²) in [4.78, 5) is 27.7. The first-order valence-electron chi connectivity index (χ1n) is 10.2. The van der Waals surface area contributed by atoms with Gasteiger partial charge in [-0.2, -0.15) is 0 Å². The van der Waals surface area contributed by atoms with E-state index in [9.17, 15) is 9.59 Å². The molecule has 28 heavy (non-hydrogen) atoms. The summed E-state index contributed by atoms with van der Waals surface area (Å²) in [5.41, 5.74) is 0.0588. The molecule has 1 aromatic heterocycles. The molecule has 0 saturated carbocycles. The molecule has 5 heteroatoms. The normalized spacial score (nSPS) is 17.9. The van der Waals surface area contributed by atoms with Crippen LogP contribution in [0.4, 0.5) is 5.88 Å². The Kier molecular flexibility index (Phi) is 8.09. The molecule has 1 atom stereocenters. The van der Waals surface area contributed by atoms with E-state index in [0.29, 0.717) is 19.0 Å². The lowest BCUT2D eigenvalue weighted by Gasteiger charge is -2.37. The number of amides is 2. The molecule has 1 unspecified atom stereocenters. The second-order valence-corrected chi connectivity index (χ2v) is 9.37. The number of hydrogen-bond donors (Lipinski definition) is 0. The van der Waals surface area contributed by atoms with E-state index in [-0.39, 0.29) is 22.6 Å². The van der Waals surface area contributed by atoms with Crippen LogP contribution in [0, 0.1) is 5.41 Å². The van der Waals surface area contributed by atoms with Crippen molar-refractivity contribution >= 4 is 17.7 Å². The summed E-state index contributed by atoms with van der Waals surface area (Å²) in [6.45, 7) is 21.3. The molecule has 2 heterocycles. The van der Waals surface area contributed by atoms with E-state index in [2.05, 4.69) is 55.0 Å². The highest BCUT2D eigenvalue weighted by molar-refractivity contribution is 6.00. The summed E-state index contributed by atoms with van der Waals surface area (Å²) < 4.78 is 6.06. The molecular formula is C23H38N2O3. The fraction of sp³-hybridized carbons (Fsp3) is 0.652. The highest BCUT2D eigenvalue weighted by atomic mass is 16.4. The zero-order valence-electron chi connectivity index (χ0n) is 19.0. The highest BCUT2D eigenvalue weighted by Gasteiger charge is 2.36. The van der Waals surface area contributed by atoms with Gasteiger partial charge in [0.15, 0.2) is 0 Å². The Balaban J connectivity index is 0.00000122. The summed E-state index contributed by atoms with van der Waals surface area (Å²) in [5.74, 6) is 1.09. The van der Waals surface area contributed by atoms with Gasteiger partial charge in [0.2, 0.25) is 11.8 Å². The number of carbonyl (C=O) groups excluding carboxylic acids is 2. The quantitative estimate of drug-likeness (QED) is 0.667. The van der Waals surface area contributed by atoms with E-state index < -0.39 is 6.04 Å². The lowest BCUT2D eigenvalue weighted by Crippen LogP contribution is -2.57. The number of piperazine rings is 1. The summed E-state index contributed by atoms with van der Waals surface area (Å²) >= 11 is 0. The molecule has 0 spiro atoms. The molecule has 1 aliphatic heterocycles. The van der Waals surface area contributed by atoms with Crippen LogP contribution >= 0.6 is 0 Å². The topological polar surface area (TPSA) is 53.8 Å². The summed E-state index contributed by atoms with van der Waals surface area (Å²) in [6, 6.07) is 3.30. The minimum absolute atomic E-state index is 0.119. The average molecular weight is 391 g/mol. The Morgan fingerprint density at radius 2 is 1.79 bits per heavy atom. The average Bonchev–Trinajstić information content (AvgIpc) is 3.06. The van der Waals surface area contributed by atoms with Gasteiger partial charge in [0.25, 0.3) is 5.91 Å². The Hall–Kier alpha value is -2.04. The Morgan fingerprint density at radius 1 is 1.21 bits per heavy atom. The standard InChI is InChI=1S/C20H30N2O3.C3H8/c1-8-16(23)21-11-12-22(18(24)14(21)2)17-10-9-15(25-17)20(6,7)13-19(3,4)5;1-3-2/h8-10,14H,1,11-13H2,2-7H3;3H2,1-2H3. The molecule has 1 fully saturated rings. The van der Waals surface area contributed by atoms with E-state index in [0.717, 1.165) is 12.2 Å². The zero-order chi connectivity index (χ0) is 21.7. The maximum Gasteiger partial charge on any atom is 0.251 e. The van der Waals surface area contributed by atoms with Gasteiger partial charge in [0.05, 0.1) is 0 Å². The van der Waals surface area contributed by atoms with E-state index >= 15 is 0 Å². The number of rotatable bonds is 4. The number of anilines is 1. The van der Waals surface area contributed by atoms with Gasteiger partial charge in [0.1, 0.15) is 11.8 Å². The lowest BCUT2D eigenvalue weighted by molar-refractivity contribution is -0.137. The molecule has 0 aromatic carbocycles. The summed E-state index contributed by atoms with van der Waals surface area (Å²) in [7, 11) is 0. The van der Waals surface area contributed by atoms with Crippen molar-refractivity contribution in [1.29, 1.82) is 0 Å². The van der Waals surface area contributed by atoms with E-state index in [4.69, 9.17) is 4.42 Å². The number of hydrogen-bond acceptors (Lipinski definition) is 3. The monoisotopic (exact) mass is 390 g/mol. The van der Waals surface area contributed by atoms with Crippen LogP contribution in [0.15, 0.2) is 29.2 Å². The van der Waals surface area contributed by atoms with Gasteiger partial charge >= 0.3 is 0 Å². The van der Waals surface area contributed by atoms with Crippen LogP contribution in [0.2, 0.25) is 0 Å². The second-order valence-electron chi connectivity index (χ2n) is 9.37. The van der Waals surface area contributed by atoms with Crippen molar-refractivity contribution in [3.05, 3.63) is 30.5 Å². The molecule has 5 nitrogen and oxygen atoms in total. The smallest absolute Gasteiger partial charge is 0.251 e. The Bertz CT molecular complexity index is 682. The predicted molar refractivity (Wildman–Crippen MR) is 115 cm³/mol. The van der Waals surface area contributed by atoms with Crippen LogP contribution in [0.1, 0.15) is 74.0 Å². The van der Waals surface area contributed by atoms with E-state index in [1.54, 1.807) is 16.7 Å². The SMILES string of the molecule is C=CC(=O)N1CCN(c2ccc(C(C)(C)CC(C)(C)C)o2)C(=O)C1C.CCC. The number of furan rings is 1. The third-order valence-electron chi connectivity index (χ3n) is 4.61. The van der Waals surface area contributed by atoms with Gasteiger partial charge in [-0.3, -0.25) is 14.5 Å². The summed E-state index contributed by atoms with van der Waals surface area (Å²) in [5, 5.41) is 0. The van der Waals surface area contributed by atoms with Crippen molar-refractivity contribution in [2.45, 2.75) is 79.7 Å². The molecular weight excluding hydrogens is 352 g/mol. The molecule has 1 saturated heterocycles. The van der Waals surface area contributed by atoms with Crippen molar-refractivity contribution in [3.63, 3.8) is 0 Å². The molecule has 0 bridgehead atoms. The van der Waals surface area contributed by atoms with Crippen LogP contribution in [0.25, 0.3) is 0 Å². The predicted octanol–water partition coefficient (Wildman–Crippen LogP) is 5.16. The largest absolute Gasteiger partial charge is 0.445 e. The molecule has 0 aliphatic carbocycles. The fourth-order valence-electron chi connectivity index (χ4n) is 3.76. The van der Waals surface area contributed by atoms with Gasteiger partial charge in [-0.1, -0.05) is 61.5 Å². The first-order chi connectivity index (χ1) is 12.9. The second kappa shape index (κ2) is 9.44. The van der Waals surface area contributed by atoms with Crippen molar-refractivity contribution < 1.29 is 14.0 Å². The van der Waals surface area contributed by atoms with Crippen molar-refractivity contribution in [3.8, 4) is 0 Å². The van der Waals surface area contributed by atoms with Crippen LogP contribution < -0.4 is 4.90 Å². The van der Waals surface area contributed by atoms with Crippen LogP contribution in [-0.4, -0.2) is 35.8 Å². The molecule has 1 aromatic rings. The van der Waals surface area contributed by atoms with E-state index in [1.807, 2.05) is 12.1 Å². The molecule has 1 aliphatic rings. The zero-order valence-corrected chi connectivity index (χ0v) is 19.0. The molecule has 2 amide bonds. The van der Waals surface area contributed by atoms with Gasteiger partial charge in [-0.25, -0.2) is 0 Å². The highest BCUT2D eigenvalue weighted by Crippen LogP contribution is 2.38. The molecule has 0 radical (unpaired) electrons. The van der Waals surface area contributed by atoms with Crippen LogP contribution in [-0.2, 0) is 15.0 Å². The van der Waals surface area contributed by atoms with Crippen molar-refractivity contribution in [2.24, 2.45) is 5.41 Å². The molecule has 2 rings (SSSR count). The lowest BCUT2D eigenvalue weighted by atomic mass is 9.75. The van der Waals surface area contributed by atoms with Gasteiger partial charge < -0.3 is 9.32 Å². The number of carbonyl (C=O) groups is 2. The van der Waals surface area contributed by atoms with Crippen LogP contribution in [0.5, 0.6) is 0 Å². The Labute approximate surface area is 170 Å². The maximum atomic E-state index is 12.7. The number of nitrogens with zero attached hydrogens (tertiary/aromatic N) is 2. The van der Waals surface area contributed by atoms with Gasteiger partial charge in [-0.05, 0) is 30.9 Å². The third-order valence-corrected chi connectivity index (χ3v) is 4.61. The van der Waals surface area contributed by atoms with Gasteiger partial charge in [0, 0.05) is 24.6 Å². The molecule has 0 N–H and O–H groups in total. The first-order valence-corrected chi connectivity index (χ1v) is 10.2. The van der Waals surface area contributed by atoms with Crippen LogP contribution in [0.3, 0.4) is 0 Å². The van der Waals surface area contributed by atoms with Gasteiger partial charge in [-0.15, -0.1) is 0 Å². The van der Waals surface area contributed by atoms with Crippen molar-refractivity contribution in [1.82, 2.24) is 4.90 Å². The minimum atomic E-state index is -0.518. The summed E-state index contributed by atoms with van der Waals surface area (Å²) in [6.07, 6.45) is 3.47. The Morgan fingerprint density at radius 3 is 2.29 bits per heavy atom.